The Balaban J connectivity index is 1.97. The van der Waals surface area contributed by atoms with Gasteiger partial charge in [-0.1, -0.05) is 58.1 Å². The van der Waals surface area contributed by atoms with Gasteiger partial charge in [0.15, 0.2) is 0 Å². The molecule has 2 rings (SSSR count). The van der Waals surface area contributed by atoms with E-state index in [0.29, 0.717) is 7.92 Å². The highest BCUT2D eigenvalue weighted by Crippen LogP contribution is 2.55. The predicted octanol–water partition coefficient (Wildman–Crippen LogP) is 6.10. The second-order valence-electron chi connectivity index (χ2n) is 6.56. The highest BCUT2D eigenvalue weighted by molar-refractivity contribution is 7.59. The smallest absolute Gasteiger partial charge is 0.0137 e. The van der Waals surface area contributed by atoms with Crippen molar-refractivity contribution in [3.05, 3.63) is 11.6 Å². The lowest BCUT2D eigenvalue weighted by Crippen LogP contribution is -2.21. The normalized spacial score (nSPS) is 23.3. The second kappa shape index (κ2) is 7.68. The number of rotatable bonds is 4. The third kappa shape index (κ3) is 4.37. The molecule has 2 saturated carbocycles. The third-order valence-electron chi connectivity index (χ3n) is 4.80. The summed E-state index contributed by atoms with van der Waals surface area (Å²) >= 11 is 0. The van der Waals surface area contributed by atoms with E-state index in [1.807, 2.05) is 0 Å². The summed E-state index contributed by atoms with van der Waals surface area (Å²) < 4.78 is 0. The molecule has 0 aliphatic heterocycles. The molecular weight excluding hydrogens is 235 g/mol. The number of allylic oxidation sites excluding steroid dienone is 2. The maximum Gasteiger partial charge on any atom is -0.0137 e. The van der Waals surface area contributed by atoms with Crippen LogP contribution in [-0.4, -0.2) is 17.5 Å². The Kier molecular flexibility index (Phi) is 6.22. The molecule has 18 heavy (non-hydrogen) atoms. The molecule has 0 unspecified atom stereocenters. The summed E-state index contributed by atoms with van der Waals surface area (Å²) in [7, 11) is 0.294. The van der Waals surface area contributed by atoms with Gasteiger partial charge in [0.25, 0.3) is 0 Å². The van der Waals surface area contributed by atoms with Crippen LogP contribution >= 0.6 is 7.92 Å². The molecule has 0 radical (unpaired) electrons. The highest BCUT2D eigenvalue weighted by Gasteiger charge is 2.29. The van der Waals surface area contributed by atoms with Crippen molar-refractivity contribution in [1.29, 1.82) is 0 Å². The molecule has 2 aliphatic carbocycles. The average molecular weight is 266 g/mol. The van der Waals surface area contributed by atoms with Crippen molar-refractivity contribution in [2.75, 3.05) is 6.16 Å². The molecule has 104 valence electrons. The molecule has 0 aromatic carbocycles. The van der Waals surface area contributed by atoms with Gasteiger partial charge in [0.05, 0.1) is 0 Å². The molecule has 0 spiro atoms. The molecule has 0 N–H and O–H groups in total. The van der Waals surface area contributed by atoms with Gasteiger partial charge in [-0.25, -0.2) is 0 Å². The number of hydrogen-bond donors (Lipinski definition) is 0. The molecule has 0 bridgehead atoms. The van der Waals surface area contributed by atoms with Crippen molar-refractivity contribution in [3.63, 3.8) is 0 Å². The maximum absolute atomic E-state index is 2.55. The lowest BCUT2D eigenvalue weighted by Gasteiger charge is -2.38. The summed E-state index contributed by atoms with van der Waals surface area (Å²) in [6.45, 7) is 4.55. The third-order valence-corrected chi connectivity index (χ3v) is 8.31. The Labute approximate surface area is 115 Å². The summed E-state index contributed by atoms with van der Waals surface area (Å²) in [6, 6.07) is 0. The maximum atomic E-state index is 2.55. The van der Waals surface area contributed by atoms with Gasteiger partial charge >= 0.3 is 0 Å². The van der Waals surface area contributed by atoms with Gasteiger partial charge in [-0.15, -0.1) is 0 Å². The zero-order valence-electron chi connectivity index (χ0n) is 12.5. The first kappa shape index (κ1) is 14.6. The SMILES string of the molecule is CC(C)=CCP(C1CCCCC1)C1CCCCC1. The van der Waals surface area contributed by atoms with E-state index in [1.165, 1.54) is 50.3 Å². The molecule has 0 atom stereocenters. The lowest BCUT2D eigenvalue weighted by molar-refractivity contribution is 0.485. The van der Waals surface area contributed by atoms with E-state index >= 15 is 0 Å². The van der Waals surface area contributed by atoms with Crippen LogP contribution in [0, 0.1) is 0 Å². The van der Waals surface area contributed by atoms with Gasteiger partial charge in [-0.2, -0.15) is 0 Å². The quantitative estimate of drug-likeness (QED) is 0.426. The number of hydrogen-bond acceptors (Lipinski definition) is 0. The minimum Gasteiger partial charge on any atom is -0.0965 e. The summed E-state index contributed by atoms with van der Waals surface area (Å²) in [4.78, 5) is 0. The van der Waals surface area contributed by atoms with Gasteiger partial charge in [0.1, 0.15) is 0 Å². The Morgan fingerprint density at radius 2 is 1.28 bits per heavy atom. The van der Waals surface area contributed by atoms with Crippen LogP contribution in [0.3, 0.4) is 0 Å². The Morgan fingerprint density at radius 1 is 0.833 bits per heavy atom. The Morgan fingerprint density at radius 3 is 1.67 bits per heavy atom. The van der Waals surface area contributed by atoms with Gasteiger partial charge in [-0.3, -0.25) is 0 Å². The van der Waals surface area contributed by atoms with Crippen molar-refractivity contribution in [3.8, 4) is 0 Å². The van der Waals surface area contributed by atoms with Gasteiger partial charge in [0.2, 0.25) is 0 Å². The lowest BCUT2D eigenvalue weighted by atomic mass is 9.99. The van der Waals surface area contributed by atoms with E-state index in [4.69, 9.17) is 0 Å². The summed E-state index contributed by atoms with van der Waals surface area (Å²) in [5, 5.41) is 0. The van der Waals surface area contributed by atoms with Crippen LogP contribution in [0.1, 0.15) is 78.1 Å². The van der Waals surface area contributed by atoms with Crippen LogP contribution in [-0.2, 0) is 0 Å². The first-order chi connectivity index (χ1) is 8.77. The zero-order chi connectivity index (χ0) is 12.8. The van der Waals surface area contributed by atoms with E-state index in [9.17, 15) is 0 Å². The minimum absolute atomic E-state index is 0.294. The van der Waals surface area contributed by atoms with Crippen molar-refractivity contribution < 1.29 is 0 Å². The molecule has 2 aliphatic rings. The van der Waals surface area contributed by atoms with Gasteiger partial charge in [0, 0.05) is 0 Å². The van der Waals surface area contributed by atoms with Crippen molar-refractivity contribution in [2.24, 2.45) is 0 Å². The van der Waals surface area contributed by atoms with Crippen LogP contribution in [0.5, 0.6) is 0 Å². The van der Waals surface area contributed by atoms with Crippen molar-refractivity contribution in [2.45, 2.75) is 89.4 Å². The molecule has 0 nitrogen and oxygen atoms in total. The van der Waals surface area contributed by atoms with E-state index < -0.39 is 0 Å². The predicted molar refractivity (Wildman–Crippen MR) is 85.0 cm³/mol. The van der Waals surface area contributed by atoms with Crippen LogP contribution < -0.4 is 0 Å². The van der Waals surface area contributed by atoms with E-state index in [2.05, 4.69) is 19.9 Å². The fourth-order valence-corrected chi connectivity index (χ4v) is 7.54. The first-order valence-electron chi connectivity index (χ1n) is 8.16. The minimum atomic E-state index is 0.294. The second-order valence-corrected chi connectivity index (χ2v) is 9.42. The van der Waals surface area contributed by atoms with E-state index in [0.717, 1.165) is 11.3 Å². The average Bonchev–Trinajstić information content (AvgIpc) is 2.41. The van der Waals surface area contributed by atoms with Gasteiger partial charge < -0.3 is 0 Å². The molecule has 1 heteroatoms. The Hall–Kier alpha value is 0.170. The molecule has 0 aromatic rings. The van der Waals surface area contributed by atoms with Crippen LogP contribution in [0.2, 0.25) is 0 Å². The molecule has 0 saturated heterocycles. The largest absolute Gasteiger partial charge is 0.0965 e. The molecule has 2 fully saturated rings. The molecule has 0 aromatic heterocycles. The summed E-state index contributed by atoms with van der Waals surface area (Å²) in [5.41, 5.74) is 3.77. The topological polar surface area (TPSA) is 0 Å². The van der Waals surface area contributed by atoms with Crippen LogP contribution in [0.15, 0.2) is 11.6 Å². The molecule has 0 heterocycles. The summed E-state index contributed by atoms with van der Waals surface area (Å²) in [6.07, 6.45) is 19.3. The van der Waals surface area contributed by atoms with Gasteiger partial charge in [-0.05, 0) is 57.0 Å². The standard InChI is InChI=1S/C17H31P/c1-15(2)13-14-18(16-9-5-3-6-10-16)17-11-7-4-8-12-17/h13,16-17H,3-12,14H2,1-2H3. The zero-order valence-corrected chi connectivity index (χ0v) is 13.4. The first-order valence-corrected chi connectivity index (χ1v) is 9.83. The molecular formula is C17H31P. The van der Waals surface area contributed by atoms with Crippen LogP contribution in [0.4, 0.5) is 0 Å². The fraction of sp³-hybridized carbons (Fsp3) is 0.882. The van der Waals surface area contributed by atoms with Crippen molar-refractivity contribution >= 4 is 7.92 Å². The highest BCUT2D eigenvalue weighted by atomic mass is 31.1. The van der Waals surface area contributed by atoms with Crippen molar-refractivity contribution in [1.82, 2.24) is 0 Å². The van der Waals surface area contributed by atoms with Crippen LogP contribution in [0.25, 0.3) is 0 Å². The van der Waals surface area contributed by atoms with E-state index in [1.54, 1.807) is 25.7 Å². The monoisotopic (exact) mass is 266 g/mol. The Bertz CT molecular complexity index is 235. The van der Waals surface area contributed by atoms with E-state index in [-0.39, 0.29) is 0 Å². The fourth-order valence-electron chi connectivity index (χ4n) is 3.71. The summed E-state index contributed by atoms with van der Waals surface area (Å²) in [5.74, 6) is 0. The molecule has 0 amide bonds.